The van der Waals surface area contributed by atoms with Gasteiger partial charge in [0, 0.05) is 6.92 Å². The third kappa shape index (κ3) is 5.67. The molecule has 0 rings (SSSR count). The maximum atomic E-state index is 10.7. The molecule has 6 heteroatoms. The van der Waals surface area contributed by atoms with E-state index in [1.165, 1.54) is 6.92 Å². The maximum absolute atomic E-state index is 10.7. The largest absolute Gasteiger partial charge is 0.346 e. The molecule has 5 nitrogen and oxygen atoms in total. The van der Waals surface area contributed by atoms with Gasteiger partial charge in [0.05, 0.1) is 6.54 Å². The molecular formula is C6H9ClN2O3. The van der Waals surface area contributed by atoms with Crippen molar-refractivity contribution >= 4 is 29.3 Å². The summed E-state index contributed by atoms with van der Waals surface area (Å²) in [4.78, 5) is 31.5. The molecule has 2 N–H and O–H groups in total. The fourth-order valence-electron chi connectivity index (χ4n) is 0.467. The van der Waals surface area contributed by atoms with Crippen molar-refractivity contribution in [1.82, 2.24) is 10.6 Å². The van der Waals surface area contributed by atoms with Crippen molar-refractivity contribution in [2.45, 2.75) is 6.92 Å². The zero-order valence-electron chi connectivity index (χ0n) is 6.52. The minimum Gasteiger partial charge on any atom is -0.346 e. The van der Waals surface area contributed by atoms with E-state index in [0.717, 1.165) is 0 Å². The summed E-state index contributed by atoms with van der Waals surface area (Å²) in [5.41, 5.74) is 0. The second kappa shape index (κ2) is 5.54. The molecule has 68 valence electrons. The van der Waals surface area contributed by atoms with Gasteiger partial charge >= 0.3 is 0 Å². The van der Waals surface area contributed by atoms with Gasteiger partial charge in [-0.3, -0.25) is 19.7 Å². The van der Waals surface area contributed by atoms with E-state index in [0.29, 0.717) is 0 Å². The normalized spacial score (nSPS) is 8.83. The van der Waals surface area contributed by atoms with Gasteiger partial charge in [-0.1, -0.05) is 0 Å². The first-order valence-corrected chi connectivity index (χ1v) is 3.72. The van der Waals surface area contributed by atoms with Crippen LogP contribution in [0.25, 0.3) is 0 Å². The molecule has 0 aromatic heterocycles. The van der Waals surface area contributed by atoms with Gasteiger partial charge in [-0.25, -0.2) is 0 Å². The molecule has 0 radical (unpaired) electrons. The number of alkyl halides is 1. The van der Waals surface area contributed by atoms with Crippen LogP contribution in [0.2, 0.25) is 0 Å². The molecule has 0 atom stereocenters. The molecule has 0 bridgehead atoms. The van der Waals surface area contributed by atoms with E-state index in [2.05, 4.69) is 5.32 Å². The van der Waals surface area contributed by atoms with Gasteiger partial charge in [0.25, 0.3) is 0 Å². The van der Waals surface area contributed by atoms with Crippen molar-refractivity contribution in [2.24, 2.45) is 0 Å². The lowest BCUT2D eigenvalue weighted by atomic mass is 10.5. The highest BCUT2D eigenvalue weighted by Crippen LogP contribution is 1.73. The van der Waals surface area contributed by atoms with Gasteiger partial charge < -0.3 is 5.32 Å². The number of imide groups is 1. The van der Waals surface area contributed by atoms with E-state index in [1.807, 2.05) is 5.32 Å². The number of rotatable bonds is 3. The number of halogens is 1. The van der Waals surface area contributed by atoms with E-state index in [9.17, 15) is 14.4 Å². The average molecular weight is 193 g/mol. The highest BCUT2D eigenvalue weighted by atomic mass is 35.5. The summed E-state index contributed by atoms with van der Waals surface area (Å²) in [6, 6.07) is 0. The smallest absolute Gasteiger partial charge is 0.245 e. The molecule has 0 aliphatic rings. The lowest BCUT2D eigenvalue weighted by molar-refractivity contribution is -0.130. The number of hydrogen-bond donors (Lipinski definition) is 2. The van der Waals surface area contributed by atoms with E-state index in [1.54, 1.807) is 0 Å². The van der Waals surface area contributed by atoms with Crippen molar-refractivity contribution < 1.29 is 14.4 Å². The Labute approximate surface area is 74.5 Å². The summed E-state index contributed by atoms with van der Waals surface area (Å²) >= 11 is 5.13. The highest BCUT2D eigenvalue weighted by Gasteiger charge is 2.04. The molecule has 0 unspecified atom stereocenters. The van der Waals surface area contributed by atoms with Crippen LogP contribution in [-0.4, -0.2) is 30.1 Å². The van der Waals surface area contributed by atoms with Crippen LogP contribution in [0.15, 0.2) is 0 Å². The monoisotopic (exact) mass is 192 g/mol. The Balaban J connectivity index is 3.57. The number of carbonyl (C=O) groups excluding carboxylic acids is 3. The molecule has 0 fully saturated rings. The van der Waals surface area contributed by atoms with Gasteiger partial charge in [-0.2, -0.15) is 0 Å². The minimum absolute atomic E-state index is 0.201. The third-order valence-electron chi connectivity index (χ3n) is 0.883. The molecular weight excluding hydrogens is 184 g/mol. The van der Waals surface area contributed by atoms with Gasteiger partial charge in [0.1, 0.15) is 5.88 Å². The average Bonchev–Trinajstić information content (AvgIpc) is 1.99. The third-order valence-corrected chi connectivity index (χ3v) is 1.13. The minimum atomic E-state index is -0.555. The quantitative estimate of drug-likeness (QED) is 0.564. The topological polar surface area (TPSA) is 75.3 Å². The summed E-state index contributed by atoms with van der Waals surface area (Å²) in [5.74, 6) is -1.66. The molecule has 0 aliphatic carbocycles. The van der Waals surface area contributed by atoms with E-state index in [4.69, 9.17) is 11.6 Å². The van der Waals surface area contributed by atoms with Crippen molar-refractivity contribution in [2.75, 3.05) is 12.4 Å². The van der Waals surface area contributed by atoms with Gasteiger partial charge in [0.15, 0.2) is 0 Å². The van der Waals surface area contributed by atoms with Crippen LogP contribution in [0.1, 0.15) is 6.92 Å². The first kappa shape index (κ1) is 10.9. The number of amides is 3. The first-order valence-electron chi connectivity index (χ1n) is 3.19. The van der Waals surface area contributed by atoms with Crippen molar-refractivity contribution in [3.8, 4) is 0 Å². The van der Waals surface area contributed by atoms with Crippen LogP contribution < -0.4 is 10.6 Å². The highest BCUT2D eigenvalue weighted by molar-refractivity contribution is 6.27. The Hall–Kier alpha value is -1.10. The Morgan fingerprint density at radius 2 is 1.83 bits per heavy atom. The van der Waals surface area contributed by atoms with Crippen molar-refractivity contribution in [3.05, 3.63) is 0 Å². The lowest BCUT2D eigenvalue weighted by Crippen LogP contribution is -2.39. The fourth-order valence-corrected chi connectivity index (χ4v) is 0.561. The van der Waals surface area contributed by atoms with Crippen molar-refractivity contribution in [3.63, 3.8) is 0 Å². The van der Waals surface area contributed by atoms with Crippen LogP contribution in [0.4, 0.5) is 0 Å². The lowest BCUT2D eigenvalue weighted by Gasteiger charge is -2.01. The van der Waals surface area contributed by atoms with Gasteiger partial charge in [-0.05, 0) is 0 Å². The zero-order chi connectivity index (χ0) is 9.56. The number of hydrogen-bond acceptors (Lipinski definition) is 3. The summed E-state index contributed by atoms with van der Waals surface area (Å²) in [7, 11) is 0. The summed E-state index contributed by atoms with van der Waals surface area (Å²) in [5, 5.41) is 4.19. The SMILES string of the molecule is CC(=O)NC(=O)CNC(=O)CCl. The summed E-state index contributed by atoms with van der Waals surface area (Å²) in [6.45, 7) is 0.979. The van der Waals surface area contributed by atoms with Crippen LogP contribution in [-0.2, 0) is 14.4 Å². The molecule has 0 heterocycles. The second-order valence-corrected chi connectivity index (χ2v) is 2.28. The van der Waals surface area contributed by atoms with Crippen LogP contribution in [0.3, 0.4) is 0 Å². The molecule has 0 saturated carbocycles. The molecule has 0 aromatic rings. The van der Waals surface area contributed by atoms with E-state index in [-0.39, 0.29) is 12.4 Å². The number of nitrogens with one attached hydrogen (secondary N) is 2. The molecule has 0 aliphatic heterocycles. The molecule has 0 saturated heterocycles. The van der Waals surface area contributed by atoms with Crippen LogP contribution in [0, 0.1) is 0 Å². The van der Waals surface area contributed by atoms with E-state index < -0.39 is 17.7 Å². The predicted octanol–water partition coefficient (Wildman–Crippen LogP) is -0.996. The maximum Gasteiger partial charge on any atom is 0.245 e. The number of carbonyl (C=O) groups is 3. The molecule has 0 aromatic carbocycles. The Morgan fingerprint density at radius 3 is 2.25 bits per heavy atom. The molecule has 0 spiro atoms. The standard InChI is InChI=1S/C6H9ClN2O3/c1-4(10)9-6(12)3-8-5(11)2-7/h2-3H2,1H3,(H,8,11)(H,9,10,12). The molecule has 12 heavy (non-hydrogen) atoms. The van der Waals surface area contributed by atoms with Crippen LogP contribution in [0.5, 0.6) is 0 Å². The molecule has 3 amide bonds. The summed E-state index contributed by atoms with van der Waals surface area (Å²) in [6.07, 6.45) is 0. The predicted molar refractivity (Wildman–Crippen MR) is 42.6 cm³/mol. The van der Waals surface area contributed by atoms with Crippen LogP contribution >= 0.6 is 11.6 Å². The first-order chi connectivity index (χ1) is 5.56. The Bertz CT molecular complexity index is 205. The summed E-state index contributed by atoms with van der Waals surface area (Å²) < 4.78 is 0. The van der Waals surface area contributed by atoms with E-state index >= 15 is 0 Å². The van der Waals surface area contributed by atoms with Gasteiger partial charge in [-0.15, -0.1) is 11.6 Å². The fraction of sp³-hybridized carbons (Fsp3) is 0.500. The second-order valence-electron chi connectivity index (χ2n) is 2.01. The Kier molecular flexibility index (Phi) is 5.03. The van der Waals surface area contributed by atoms with Crippen molar-refractivity contribution in [1.29, 1.82) is 0 Å². The zero-order valence-corrected chi connectivity index (χ0v) is 7.27. The Morgan fingerprint density at radius 1 is 1.25 bits per heavy atom. The van der Waals surface area contributed by atoms with Gasteiger partial charge in [0.2, 0.25) is 17.7 Å².